The van der Waals surface area contributed by atoms with Gasteiger partial charge in [0.05, 0.1) is 0 Å². The van der Waals surface area contributed by atoms with E-state index >= 15 is 0 Å². The highest BCUT2D eigenvalue weighted by molar-refractivity contribution is 5.73. The summed E-state index contributed by atoms with van der Waals surface area (Å²) in [7, 11) is 0. The van der Waals surface area contributed by atoms with Gasteiger partial charge in [0.1, 0.15) is 0 Å². The molecule has 0 spiro atoms. The van der Waals surface area contributed by atoms with Gasteiger partial charge in [0.2, 0.25) is 0 Å². The number of hydrogen-bond acceptors (Lipinski definition) is 4. The summed E-state index contributed by atoms with van der Waals surface area (Å²) in [6, 6.07) is 4.59. The monoisotopic (exact) mass is 277 g/mol. The highest BCUT2D eigenvalue weighted by Gasteiger charge is 2.38. The normalized spacial score (nSPS) is 18.4. The SMILES string of the molecule is O=C(O)C(F)(F)F.c1cc(NC2CCNC2)ccn1. The summed E-state index contributed by atoms with van der Waals surface area (Å²) in [6.45, 7) is 2.20. The minimum Gasteiger partial charge on any atom is -0.475 e. The van der Waals surface area contributed by atoms with Crippen LogP contribution in [0.2, 0.25) is 0 Å². The van der Waals surface area contributed by atoms with Gasteiger partial charge in [0.25, 0.3) is 0 Å². The molecule has 5 nitrogen and oxygen atoms in total. The second-order valence-corrected chi connectivity index (χ2v) is 3.87. The van der Waals surface area contributed by atoms with Crippen molar-refractivity contribution in [1.82, 2.24) is 10.3 Å². The summed E-state index contributed by atoms with van der Waals surface area (Å²) < 4.78 is 31.7. The van der Waals surface area contributed by atoms with Gasteiger partial charge in [-0.1, -0.05) is 0 Å². The van der Waals surface area contributed by atoms with Crippen LogP contribution in [0, 0.1) is 0 Å². The summed E-state index contributed by atoms with van der Waals surface area (Å²) in [5, 5.41) is 13.9. The van der Waals surface area contributed by atoms with Crippen molar-refractivity contribution in [3.8, 4) is 0 Å². The number of carbonyl (C=O) groups is 1. The number of aromatic nitrogens is 1. The van der Waals surface area contributed by atoms with Crippen molar-refractivity contribution in [2.45, 2.75) is 18.6 Å². The first-order chi connectivity index (χ1) is 8.89. The van der Waals surface area contributed by atoms with Crippen molar-refractivity contribution in [3.63, 3.8) is 0 Å². The summed E-state index contributed by atoms with van der Waals surface area (Å²) in [5.41, 5.74) is 1.17. The van der Waals surface area contributed by atoms with Crippen LogP contribution in [0.15, 0.2) is 24.5 Å². The summed E-state index contributed by atoms with van der Waals surface area (Å²) >= 11 is 0. The Bertz CT molecular complexity index is 392. The number of nitrogens with zero attached hydrogens (tertiary/aromatic N) is 1. The molecule has 1 aliphatic rings. The van der Waals surface area contributed by atoms with E-state index in [9.17, 15) is 13.2 Å². The molecular formula is C11H14F3N3O2. The van der Waals surface area contributed by atoms with Crippen LogP contribution >= 0.6 is 0 Å². The van der Waals surface area contributed by atoms with Gasteiger partial charge in [-0.2, -0.15) is 13.2 Å². The molecule has 2 rings (SSSR count). The number of alkyl halides is 3. The van der Waals surface area contributed by atoms with E-state index in [1.807, 2.05) is 24.5 Å². The van der Waals surface area contributed by atoms with Crippen LogP contribution in [-0.4, -0.2) is 41.4 Å². The predicted octanol–water partition coefficient (Wildman–Crippen LogP) is 1.49. The van der Waals surface area contributed by atoms with Crippen molar-refractivity contribution in [2.24, 2.45) is 0 Å². The van der Waals surface area contributed by atoms with Crippen LogP contribution in [0.1, 0.15) is 6.42 Å². The molecule has 0 aliphatic carbocycles. The second-order valence-electron chi connectivity index (χ2n) is 3.87. The van der Waals surface area contributed by atoms with E-state index in [2.05, 4.69) is 15.6 Å². The largest absolute Gasteiger partial charge is 0.490 e. The molecule has 1 unspecified atom stereocenters. The Morgan fingerprint density at radius 2 is 2.00 bits per heavy atom. The number of anilines is 1. The minimum atomic E-state index is -5.08. The maximum absolute atomic E-state index is 10.6. The standard InChI is InChI=1S/C9H13N3.C2HF3O2/c1-4-10-5-2-8(1)12-9-3-6-11-7-9;3-2(4,5)1(6)7/h1-2,4-5,9,11H,3,6-7H2,(H,10,12);(H,6,7). The fraction of sp³-hybridized carbons (Fsp3) is 0.455. The molecular weight excluding hydrogens is 263 g/mol. The number of rotatable bonds is 2. The maximum Gasteiger partial charge on any atom is 0.490 e. The van der Waals surface area contributed by atoms with Crippen LogP contribution in [0.5, 0.6) is 0 Å². The van der Waals surface area contributed by atoms with Crippen molar-refractivity contribution in [1.29, 1.82) is 0 Å². The number of pyridine rings is 1. The molecule has 1 saturated heterocycles. The number of aliphatic carboxylic acids is 1. The first kappa shape index (κ1) is 15.2. The zero-order valence-corrected chi connectivity index (χ0v) is 9.94. The van der Waals surface area contributed by atoms with Crippen molar-refractivity contribution < 1.29 is 23.1 Å². The summed E-state index contributed by atoms with van der Waals surface area (Å²) in [6.07, 6.45) is -0.252. The number of nitrogens with one attached hydrogen (secondary N) is 2. The van der Waals surface area contributed by atoms with Gasteiger partial charge < -0.3 is 15.7 Å². The lowest BCUT2D eigenvalue weighted by Crippen LogP contribution is -2.21. The zero-order valence-electron chi connectivity index (χ0n) is 9.94. The molecule has 0 amide bonds. The highest BCUT2D eigenvalue weighted by atomic mass is 19.4. The van der Waals surface area contributed by atoms with E-state index in [0.29, 0.717) is 6.04 Å². The van der Waals surface area contributed by atoms with Gasteiger partial charge >= 0.3 is 12.1 Å². The Morgan fingerprint density at radius 3 is 2.42 bits per heavy atom. The molecule has 1 atom stereocenters. The Morgan fingerprint density at radius 1 is 1.42 bits per heavy atom. The molecule has 2 heterocycles. The van der Waals surface area contributed by atoms with Gasteiger partial charge in [-0.05, 0) is 25.1 Å². The van der Waals surface area contributed by atoms with Crippen LogP contribution in [-0.2, 0) is 4.79 Å². The average molecular weight is 277 g/mol. The van der Waals surface area contributed by atoms with Crippen molar-refractivity contribution in [3.05, 3.63) is 24.5 Å². The second kappa shape index (κ2) is 6.93. The molecule has 0 saturated carbocycles. The lowest BCUT2D eigenvalue weighted by Gasteiger charge is -2.11. The number of carboxylic acid groups (broad SMARTS) is 1. The molecule has 1 aromatic rings. The summed E-state index contributed by atoms with van der Waals surface area (Å²) in [4.78, 5) is 12.9. The van der Waals surface area contributed by atoms with Gasteiger partial charge in [0.15, 0.2) is 0 Å². The predicted molar refractivity (Wildman–Crippen MR) is 62.8 cm³/mol. The average Bonchev–Trinajstić information content (AvgIpc) is 2.83. The fourth-order valence-corrected chi connectivity index (χ4v) is 1.46. The molecule has 0 aromatic carbocycles. The molecule has 8 heteroatoms. The third kappa shape index (κ3) is 6.05. The fourth-order valence-electron chi connectivity index (χ4n) is 1.46. The van der Waals surface area contributed by atoms with E-state index < -0.39 is 12.1 Å². The quantitative estimate of drug-likeness (QED) is 0.763. The Kier molecular flexibility index (Phi) is 5.56. The molecule has 0 radical (unpaired) electrons. The Balaban J connectivity index is 0.000000224. The molecule has 19 heavy (non-hydrogen) atoms. The summed E-state index contributed by atoms with van der Waals surface area (Å²) in [5.74, 6) is -2.76. The number of hydrogen-bond donors (Lipinski definition) is 3. The van der Waals surface area contributed by atoms with Crippen molar-refractivity contribution >= 4 is 11.7 Å². The smallest absolute Gasteiger partial charge is 0.475 e. The highest BCUT2D eigenvalue weighted by Crippen LogP contribution is 2.13. The van der Waals surface area contributed by atoms with Gasteiger partial charge in [0, 0.05) is 30.7 Å². The third-order valence-corrected chi connectivity index (χ3v) is 2.35. The van der Waals surface area contributed by atoms with E-state index in [0.717, 1.165) is 13.1 Å². The molecule has 106 valence electrons. The first-order valence-corrected chi connectivity index (χ1v) is 5.57. The van der Waals surface area contributed by atoms with Crippen LogP contribution < -0.4 is 10.6 Å². The first-order valence-electron chi connectivity index (χ1n) is 5.57. The van der Waals surface area contributed by atoms with Gasteiger partial charge in [-0.15, -0.1) is 0 Å². The molecule has 0 bridgehead atoms. The van der Waals surface area contributed by atoms with Gasteiger partial charge in [-0.25, -0.2) is 4.79 Å². The minimum absolute atomic E-state index is 0.590. The molecule has 3 N–H and O–H groups in total. The van der Waals surface area contributed by atoms with Crippen LogP contribution in [0.3, 0.4) is 0 Å². The van der Waals surface area contributed by atoms with E-state index in [4.69, 9.17) is 9.90 Å². The van der Waals surface area contributed by atoms with Crippen LogP contribution in [0.25, 0.3) is 0 Å². The van der Waals surface area contributed by atoms with E-state index in [1.165, 1.54) is 12.1 Å². The zero-order chi connectivity index (χ0) is 14.3. The molecule has 1 aliphatic heterocycles. The van der Waals surface area contributed by atoms with Gasteiger partial charge in [-0.3, -0.25) is 4.98 Å². The molecule has 1 fully saturated rings. The van der Waals surface area contributed by atoms with E-state index in [-0.39, 0.29) is 0 Å². The van der Waals surface area contributed by atoms with Crippen LogP contribution in [0.4, 0.5) is 18.9 Å². The third-order valence-electron chi connectivity index (χ3n) is 2.35. The maximum atomic E-state index is 10.6. The van der Waals surface area contributed by atoms with E-state index in [1.54, 1.807) is 0 Å². The number of carboxylic acids is 1. The Hall–Kier alpha value is -1.83. The Labute approximate surface area is 107 Å². The number of halogens is 3. The van der Waals surface area contributed by atoms with Crippen molar-refractivity contribution in [2.75, 3.05) is 18.4 Å². The molecule has 1 aromatic heterocycles. The lowest BCUT2D eigenvalue weighted by molar-refractivity contribution is -0.192. The topological polar surface area (TPSA) is 74.2 Å². The lowest BCUT2D eigenvalue weighted by atomic mass is 10.2.